The summed E-state index contributed by atoms with van der Waals surface area (Å²) in [5.74, 6) is -4.12. The fourth-order valence-corrected chi connectivity index (χ4v) is 4.03. The summed E-state index contributed by atoms with van der Waals surface area (Å²) in [6.45, 7) is -0.408. The van der Waals surface area contributed by atoms with Gasteiger partial charge in [0.1, 0.15) is 35.5 Å². The van der Waals surface area contributed by atoms with E-state index in [4.69, 9.17) is 20.9 Å². The number of amides is 2. The van der Waals surface area contributed by atoms with E-state index in [1.54, 1.807) is 48.5 Å². The highest BCUT2D eigenvalue weighted by Gasteiger charge is 2.46. The first-order valence-electron chi connectivity index (χ1n) is 10.9. The number of hydrogen-bond acceptors (Lipinski definition) is 6. The number of nitrogens with one attached hydrogen (secondary N) is 1. The third kappa shape index (κ3) is 4.80. The smallest absolute Gasteiger partial charge is 0.293 e. The molecule has 3 aromatic rings. The lowest BCUT2D eigenvalue weighted by atomic mass is 10.0. The molecule has 2 aromatic carbocycles. The normalized spacial score (nSPS) is 17.1. The summed E-state index contributed by atoms with van der Waals surface area (Å²) in [5.41, 5.74) is 13.2. The Balaban J connectivity index is 1.56. The molecule has 1 unspecified atom stereocenters. The highest BCUT2D eigenvalue weighted by Crippen LogP contribution is 2.39. The first-order valence-corrected chi connectivity index (χ1v) is 10.9. The zero-order chi connectivity index (χ0) is 25.2. The molecule has 1 saturated heterocycles. The lowest BCUT2D eigenvalue weighted by Gasteiger charge is -2.31. The SMILES string of the molecule is COc1ccccc1C(=O)NCc1ccc(-c2nn(C3CCOCC3(F)F)c(N)c2C(N)=O)cc1. The maximum atomic E-state index is 14.5. The fraction of sp³-hybridized carbons (Fsp3) is 0.292. The van der Waals surface area contributed by atoms with Crippen molar-refractivity contribution in [1.82, 2.24) is 15.1 Å². The monoisotopic (exact) mass is 485 g/mol. The number of para-hydroxylation sites is 1. The summed E-state index contributed by atoms with van der Waals surface area (Å²) in [5, 5.41) is 7.07. The van der Waals surface area contributed by atoms with E-state index in [1.165, 1.54) is 7.11 Å². The van der Waals surface area contributed by atoms with Gasteiger partial charge in [-0.3, -0.25) is 9.59 Å². The highest BCUT2D eigenvalue weighted by atomic mass is 19.3. The Morgan fingerprint density at radius 1 is 1.23 bits per heavy atom. The molecule has 184 valence electrons. The molecule has 35 heavy (non-hydrogen) atoms. The van der Waals surface area contributed by atoms with Crippen LogP contribution >= 0.6 is 0 Å². The van der Waals surface area contributed by atoms with Crippen LogP contribution in [0.25, 0.3) is 11.3 Å². The molecule has 0 saturated carbocycles. The molecule has 9 nitrogen and oxygen atoms in total. The number of nitrogens with zero attached hydrogens (tertiary/aromatic N) is 2. The van der Waals surface area contributed by atoms with Gasteiger partial charge < -0.3 is 26.3 Å². The van der Waals surface area contributed by atoms with Crippen molar-refractivity contribution in [3.8, 4) is 17.0 Å². The van der Waals surface area contributed by atoms with Gasteiger partial charge in [0.05, 0.1) is 12.7 Å². The number of benzene rings is 2. The molecule has 5 N–H and O–H groups in total. The summed E-state index contributed by atoms with van der Waals surface area (Å²) in [7, 11) is 1.49. The van der Waals surface area contributed by atoms with Crippen molar-refractivity contribution in [2.45, 2.75) is 24.9 Å². The van der Waals surface area contributed by atoms with Gasteiger partial charge in [-0.1, -0.05) is 36.4 Å². The average molecular weight is 485 g/mol. The van der Waals surface area contributed by atoms with E-state index >= 15 is 0 Å². The second kappa shape index (κ2) is 9.71. The van der Waals surface area contributed by atoms with Gasteiger partial charge in [0, 0.05) is 18.7 Å². The number of aromatic nitrogens is 2. The molecule has 2 heterocycles. The first-order chi connectivity index (χ1) is 16.7. The minimum Gasteiger partial charge on any atom is -0.496 e. The summed E-state index contributed by atoms with van der Waals surface area (Å²) in [6, 6.07) is 12.3. The Morgan fingerprint density at radius 3 is 2.60 bits per heavy atom. The van der Waals surface area contributed by atoms with Crippen molar-refractivity contribution >= 4 is 17.6 Å². The number of rotatable bonds is 7. The van der Waals surface area contributed by atoms with Crippen molar-refractivity contribution in [2.75, 3.05) is 26.1 Å². The number of alkyl halides is 2. The van der Waals surface area contributed by atoms with Gasteiger partial charge in [-0.05, 0) is 24.1 Å². The summed E-state index contributed by atoms with van der Waals surface area (Å²) < 4.78 is 40.0. The Morgan fingerprint density at radius 2 is 1.94 bits per heavy atom. The Kier molecular flexibility index (Phi) is 6.70. The van der Waals surface area contributed by atoms with Crippen LogP contribution in [0.5, 0.6) is 5.75 Å². The molecule has 2 amide bonds. The maximum Gasteiger partial charge on any atom is 0.293 e. The molecule has 1 aliphatic heterocycles. The van der Waals surface area contributed by atoms with Gasteiger partial charge in [-0.2, -0.15) is 5.10 Å². The third-order valence-electron chi connectivity index (χ3n) is 5.84. The van der Waals surface area contributed by atoms with Gasteiger partial charge in [-0.25, -0.2) is 13.5 Å². The predicted octanol–water partition coefficient (Wildman–Crippen LogP) is 2.77. The van der Waals surface area contributed by atoms with Crippen molar-refractivity contribution in [1.29, 1.82) is 0 Å². The zero-order valence-corrected chi connectivity index (χ0v) is 19.0. The van der Waals surface area contributed by atoms with Gasteiger partial charge in [-0.15, -0.1) is 0 Å². The zero-order valence-electron chi connectivity index (χ0n) is 19.0. The van der Waals surface area contributed by atoms with Crippen LogP contribution in [-0.2, 0) is 11.3 Å². The number of nitrogens with two attached hydrogens (primary N) is 2. The summed E-state index contributed by atoms with van der Waals surface area (Å²) in [4.78, 5) is 24.6. The van der Waals surface area contributed by atoms with Crippen molar-refractivity contribution < 1.29 is 27.8 Å². The topological polar surface area (TPSA) is 134 Å². The van der Waals surface area contributed by atoms with Crippen LogP contribution in [0.4, 0.5) is 14.6 Å². The Labute approximate surface area is 200 Å². The lowest BCUT2D eigenvalue weighted by Crippen LogP contribution is -2.41. The van der Waals surface area contributed by atoms with E-state index in [2.05, 4.69) is 10.4 Å². The number of hydrogen-bond donors (Lipinski definition) is 3. The molecule has 1 fully saturated rings. The maximum absolute atomic E-state index is 14.5. The van der Waals surface area contributed by atoms with Crippen LogP contribution < -0.4 is 21.5 Å². The molecule has 0 radical (unpaired) electrons. The average Bonchev–Trinajstić information content (AvgIpc) is 3.19. The first kappa shape index (κ1) is 24.1. The molecule has 1 atom stereocenters. The van der Waals surface area contributed by atoms with Crippen LogP contribution in [0.15, 0.2) is 48.5 Å². The minimum atomic E-state index is -3.20. The van der Waals surface area contributed by atoms with Gasteiger partial charge >= 0.3 is 0 Å². The molecule has 0 aliphatic carbocycles. The lowest BCUT2D eigenvalue weighted by molar-refractivity contribution is -0.149. The summed E-state index contributed by atoms with van der Waals surface area (Å²) in [6.07, 6.45) is -0.0125. The molecule has 1 aromatic heterocycles. The van der Waals surface area contributed by atoms with Crippen LogP contribution in [0.3, 0.4) is 0 Å². The number of methoxy groups -OCH3 is 1. The highest BCUT2D eigenvalue weighted by molar-refractivity contribution is 6.03. The van der Waals surface area contributed by atoms with Crippen molar-refractivity contribution in [3.63, 3.8) is 0 Å². The Bertz CT molecular complexity index is 1240. The second-order valence-electron chi connectivity index (χ2n) is 8.12. The van der Waals surface area contributed by atoms with E-state index in [0.717, 1.165) is 10.2 Å². The number of carbonyl (C=O) groups excluding carboxylic acids is 2. The summed E-state index contributed by atoms with van der Waals surface area (Å²) >= 11 is 0. The second-order valence-corrected chi connectivity index (χ2v) is 8.12. The van der Waals surface area contributed by atoms with Crippen LogP contribution in [0.2, 0.25) is 0 Å². The quantitative estimate of drug-likeness (QED) is 0.471. The number of ether oxygens (including phenoxy) is 2. The van der Waals surface area contributed by atoms with E-state index in [9.17, 15) is 18.4 Å². The van der Waals surface area contributed by atoms with E-state index in [1.807, 2.05) is 0 Å². The van der Waals surface area contributed by atoms with Gasteiger partial charge in [0.15, 0.2) is 0 Å². The van der Waals surface area contributed by atoms with E-state index in [-0.39, 0.29) is 42.6 Å². The molecule has 0 bridgehead atoms. The van der Waals surface area contributed by atoms with E-state index in [0.29, 0.717) is 16.9 Å². The number of carbonyl (C=O) groups is 2. The standard InChI is InChI=1S/C24H25F2N5O4/c1-34-17-5-3-2-4-16(17)23(33)29-12-14-6-8-15(9-7-14)20-19(22(28)32)21(27)31(30-20)18-10-11-35-13-24(18,25)26/h2-9,18H,10-13,27H2,1H3,(H2,28,32)(H,29,33). The molecular formula is C24H25F2N5O4. The molecular weight excluding hydrogens is 460 g/mol. The fourth-order valence-electron chi connectivity index (χ4n) is 4.03. The number of primary amides is 1. The third-order valence-corrected chi connectivity index (χ3v) is 5.84. The van der Waals surface area contributed by atoms with E-state index < -0.39 is 24.5 Å². The van der Waals surface area contributed by atoms with Crippen LogP contribution in [0, 0.1) is 0 Å². The number of anilines is 1. The predicted molar refractivity (Wildman–Crippen MR) is 124 cm³/mol. The molecule has 1 aliphatic rings. The largest absolute Gasteiger partial charge is 0.496 e. The number of nitrogen functional groups attached to an aromatic ring is 1. The van der Waals surface area contributed by atoms with Crippen molar-refractivity contribution in [3.05, 3.63) is 65.2 Å². The van der Waals surface area contributed by atoms with Crippen LogP contribution in [0.1, 0.15) is 38.7 Å². The van der Waals surface area contributed by atoms with Gasteiger partial charge in [0.25, 0.3) is 17.7 Å². The Hall–Kier alpha value is -3.99. The van der Waals surface area contributed by atoms with Crippen molar-refractivity contribution in [2.24, 2.45) is 5.73 Å². The minimum absolute atomic E-state index is 0.0125. The molecule has 0 spiro atoms. The molecule has 4 rings (SSSR count). The number of halogens is 2. The van der Waals surface area contributed by atoms with Gasteiger partial charge in [0.2, 0.25) is 0 Å². The molecule has 11 heteroatoms. The van der Waals surface area contributed by atoms with Crippen LogP contribution in [-0.4, -0.2) is 47.8 Å².